The molecule has 0 spiro atoms. The van der Waals surface area contributed by atoms with Crippen LogP contribution < -0.4 is 0 Å². The Kier molecular flexibility index (Phi) is 6.06. The van der Waals surface area contributed by atoms with Crippen molar-refractivity contribution in [3.63, 3.8) is 0 Å². The molecule has 0 atom stereocenters. The summed E-state index contributed by atoms with van der Waals surface area (Å²) >= 11 is 5.94. The fourth-order valence-electron chi connectivity index (χ4n) is 0.431. The van der Waals surface area contributed by atoms with Crippen LogP contribution in [-0.2, 0) is 4.74 Å². The third kappa shape index (κ3) is 8.43. The zero-order chi connectivity index (χ0) is 9.61. The van der Waals surface area contributed by atoms with Gasteiger partial charge in [0.15, 0.2) is 0 Å². The Balaban J connectivity index is 3.37. The molecule has 0 fully saturated rings. The van der Waals surface area contributed by atoms with Crippen molar-refractivity contribution >= 4 is 37.2 Å². The fourth-order valence-corrected chi connectivity index (χ4v) is 2.67. The van der Waals surface area contributed by atoms with Crippen molar-refractivity contribution in [2.24, 2.45) is 0 Å². The molecule has 0 aliphatic carbocycles. The molecule has 0 radical (unpaired) electrons. The maximum Gasteiger partial charge on any atom is 0.493 e. The van der Waals surface area contributed by atoms with E-state index in [0.29, 0.717) is 16.7 Å². The number of thioether (sulfide) groups is 1. The van der Waals surface area contributed by atoms with Crippen LogP contribution in [-0.4, -0.2) is 39.9 Å². The van der Waals surface area contributed by atoms with Crippen molar-refractivity contribution in [2.45, 2.75) is 13.0 Å². The summed E-state index contributed by atoms with van der Waals surface area (Å²) in [7, 11) is -3.88. The predicted molar refractivity (Wildman–Crippen MR) is 53.9 cm³/mol. The molecule has 0 bridgehead atoms. The smallest absolute Gasteiger partial charge is 0.479 e. The minimum absolute atomic E-state index is 0.0229. The molecule has 0 unspecified atom stereocenters. The van der Waals surface area contributed by atoms with Crippen LogP contribution >= 0.6 is 24.0 Å². The first-order valence-electron chi connectivity index (χ1n) is 3.42. The lowest BCUT2D eigenvalue weighted by Gasteiger charge is -2.08. The lowest BCUT2D eigenvalue weighted by atomic mass is 10.9. The van der Waals surface area contributed by atoms with Crippen LogP contribution in [0.15, 0.2) is 0 Å². The van der Waals surface area contributed by atoms with Crippen LogP contribution in [0.2, 0.25) is 6.04 Å². The monoisotopic (exact) mass is 228 g/mol. The van der Waals surface area contributed by atoms with Gasteiger partial charge in [-0.2, -0.15) is 0 Å². The Bertz CT molecular complexity index is 147. The van der Waals surface area contributed by atoms with E-state index in [9.17, 15) is 0 Å². The topological polar surface area (TPSA) is 69.9 Å². The molecule has 0 saturated heterocycles. The van der Waals surface area contributed by atoms with Crippen molar-refractivity contribution in [2.75, 3.05) is 12.4 Å². The second-order valence-electron chi connectivity index (χ2n) is 2.06. The van der Waals surface area contributed by atoms with Crippen LogP contribution in [0.25, 0.3) is 0 Å². The molecule has 0 saturated carbocycles. The summed E-state index contributed by atoms with van der Waals surface area (Å²) < 4.78 is 5.29. The quantitative estimate of drug-likeness (QED) is 0.463. The van der Waals surface area contributed by atoms with Gasteiger partial charge in [0.25, 0.3) is 0 Å². The Morgan fingerprint density at radius 1 is 1.50 bits per heavy atom. The summed E-state index contributed by atoms with van der Waals surface area (Å²) in [5.74, 6) is 0.370. The summed E-state index contributed by atoms with van der Waals surface area (Å²) in [6, 6.07) is -0.0229. The molecule has 0 rings (SSSR count). The molecule has 7 heteroatoms. The van der Waals surface area contributed by atoms with E-state index in [-0.39, 0.29) is 6.04 Å². The minimum atomic E-state index is -3.88. The number of hydrogen-bond donors (Lipinski definition) is 3. The molecule has 0 heterocycles. The van der Waals surface area contributed by atoms with E-state index < -0.39 is 8.80 Å². The average molecular weight is 228 g/mol. The van der Waals surface area contributed by atoms with E-state index in [0.717, 1.165) is 0 Å². The first kappa shape index (κ1) is 12.3. The summed E-state index contributed by atoms with van der Waals surface area (Å²) in [6.07, 6.45) is 0. The molecule has 0 aromatic heterocycles. The molecule has 0 aliphatic rings. The van der Waals surface area contributed by atoms with E-state index >= 15 is 0 Å². The van der Waals surface area contributed by atoms with Gasteiger partial charge in [-0.1, -0.05) is 11.8 Å². The third-order valence-electron chi connectivity index (χ3n) is 0.920. The highest BCUT2D eigenvalue weighted by atomic mass is 32.2. The minimum Gasteiger partial charge on any atom is -0.479 e. The number of ether oxygens (including phenoxy) is 1. The molecule has 0 amide bonds. The van der Waals surface area contributed by atoms with Crippen LogP contribution in [0.5, 0.6) is 0 Å². The maximum atomic E-state index is 8.61. The van der Waals surface area contributed by atoms with Crippen molar-refractivity contribution in [1.29, 1.82) is 0 Å². The molecule has 0 aromatic carbocycles. The summed E-state index contributed by atoms with van der Waals surface area (Å²) in [5, 5.41) is 0. The number of thiocarbonyl (C=S) groups is 1. The van der Waals surface area contributed by atoms with Gasteiger partial charge in [-0.3, -0.25) is 0 Å². The highest BCUT2D eigenvalue weighted by Gasteiger charge is 2.26. The van der Waals surface area contributed by atoms with E-state index in [1.165, 1.54) is 11.8 Å². The van der Waals surface area contributed by atoms with Crippen molar-refractivity contribution in [1.82, 2.24) is 0 Å². The molecule has 4 nitrogen and oxygen atoms in total. The third-order valence-corrected chi connectivity index (χ3v) is 3.44. The van der Waals surface area contributed by atoms with Gasteiger partial charge >= 0.3 is 8.80 Å². The number of rotatable bonds is 4. The molecule has 72 valence electrons. The van der Waals surface area contributed by atoms with Gasteiger partial charge < -0.3 is 19.1 Å². The molecule has 0 aromatic rings. The van der Waals surface area contributed by atoms with Crippen LogP contribution in [0.3, 0.4) is 0 Å². The highest BCUT2D eigenvalue weighted by molar-refractivity contribution is 8.22. The lowest BCUT2D eigenvalue weighted by Crippen LogP contribution is -2.35. The lowest BCUT2D eigenvalue weighted by molar-refractivity contribution is 0.230. The van der Waals surface area contributed by atoms with Crippen LogP contribution in [0, 0.1) is 0 Å². The van der Waals surface area contributed by atoms with Crippen molar-refractivity contribution < 1.29 is 19.1 Å². The van der Waals surface area contributed by atoms with E-state index in [1.54, 1.807) is 0 Å². The first-order valence-corrected chi connectivity index (χ1v) is 6.86. The van der Waals surface area contributed by atoms with Gasteiger partial charge in [0.1, 0.15) is 0 Å². The Labute approximate surface area is 81.9 Å². The van der Waals surface area contributed by atoms with Gasteiger partial charge in [-0.15, -0.1) is 0 Å². The van der Waals surface area contributed by atoms with Crippen molar-refractivity contribution in [3.05, 3.63) is 0 Å². The second-order valence-corrected chi connectivity index (χ2v) is 5.80. The molecule has 12 heavy (non-hydrogen) atoms. The summed E-state index contributed by atoms with van der Waals surface area (Å²) in [5.41, 5.74) is 0. The van der Waals surface area contributed by atoms with E-state index in [4.69, 9.17) is 31.3 Å². The van der Waals surface area contributed by atoms with Gasteiger partial charge in [-0.05, 0) is 19.1 Å². The largest absolute Gasteiger partial charge is 0.493 e. The molecule has 3 N–H and O–H groups in total. The SMILES string of the molecule is CCOC(=S)SCC[Si](O)(O)O. The summed E-state index contributed by atoms with van der Waals surface area (Å²) in [6.45, 7) is 2.32. The fraction of sp³-hybridized carbons (Fsp3) is 0.800. The Morgan fingerprint density at radius 3 is 2.50 bits per heavy atom. The Hall–Kier alpha value is 0.337. The van der Waals surface area contributed by atoms with E-state index in [2.05, 4.69) is 0 Å². The van der Waals surface area contributed by atoms with Gasteiger partial charge in [0.05, 0.1) is 6.61 Å². The molecule has 0 aliphatic heterocycles. The van der Waals surface area contributed by atoms with Crippen LogP contribution in [0.4, 0.5) is 0 Å². The maximum absolute atomic E-state index is 8.61. The zero-order valence-corrected chi connectivity index (χ0v) is 9.32. The first-order chi connectivity index (χ1) is 5.45. The molecular formula is C5H12O4S2Si. The van der Waals surface area contributed by atoms with Gasteiger partial charge in [0.2, 0.25) is 4.38 Å². The van der Waals surface area contributed by atoms with E-state index in [1.807, 2.05) is 6.92 Å². The standard InChI is InChI=1S/C5H12O4S2Si/c1-2-9-5(10)11-3-4-12(6,7)8/h6-8H,2-4H2,1H3. The van der Waals surface area contributed by atoms with Crippen LogP contribution in [0.1, 0.15) is 6.92 Å². The zero-order valence-electron chi connectivity index (χ0n) is 6.69. The average Bonchev–Trinajstić information content (AvgIpc) is 1.84. The second kappa shape index (κ2) is 5.89. The molecular weight excluding hydrogens is 216 g/mol. The highest BCUT2D eigenvalue weighted by Crippen LogP contribution is 2.10. The normalized spacial score (nSPS) is 11.3. The van der Waals surface area contributed by atoms with Crippen molar-refractivity contribution in [3.8, 4) is 0 Å². The summed E-state index contributed by atoms with van der Waals surface area (Å²) in [4.78, 5) is 25.8. The van der Waals surface area contributed by atoms with Gasteiger partial charge in [0, 0.05) is 11.8 Å². The Morgan fingerprint density at radius 2 is 2.08 bits per heavy atom. The predicted octanol–water partition coefficient (Wildman–Crippen LogP) is -0.0432. The van der Waals surface area contributed by atoms with Gasteiger partial charge in [-0.25, -0.2) is 0 Å². The number of hydrogen-bond acceptors (Lipinski definition) is 6.